The molecule has 0 radical (unpaired) electrons. The second-order valence-corrected chi connectivity index (χ2v) is 10.7. The number of phenols is 1. The Labute approximate surface area is 230 Å². The molecule has 1 aliphatic rings. The van der Waals surface area contributed by atoms with Crippen LogP contribution in [0.1, 0.15) is 106 Å². The Morgan fingerprint density at radius 1 is 0.579 bits per heavy atom. The Kier molecular flexibility index (Phi) is 11.7. The fourth-order valence-electron chi connectivity index (χ4n) is 5.63. The zero-order valence-electron chi connectivity index (χ0n) is 22.9. The lowest BCUT2D eigenvalue weighted by atomic mass is 9.86. The highest BCUT2D eigenvalue weighted by atomic mass is 16.5. The molecule has 0 heterocycles. The zero-order valence-corrected chi connectivity index (χ0v) is 22.9. The molecule has 3 aromatic carbocycles. The van der Waals surface area contributed by atoms with Crippen molar-refractivity contribution in [3.8, 4) is 23.3 Å². The highest BCUT2D eigenvalue weighted by Crippen LogP contribution is 2.34. The topological polar surface area (TPSA) is 29.5 Å². The number of rotatable bonds is 4. The second kappa shape index (κ2) is 15.9. The lowest BCUT2D eigenvalue weighted by Gasteiger charge is -2.28. The third-order valence-corrected chi connectivity index (χ3v) is 7.85. The summed E-state index contributed by atoms with van der Waals surface area (Å²) in [6, 6.07) is 28.8. The normalized spacial score (nSPS) is 22.3. The maximum absolute atomic E-state index is 10.5. The van der Waals surface area contributed by atoms with Gasteiger partial charge >= 0.3 is 0 Å². The van der Waals surface area contributed by atoms with E-state index in [4.69, 9.17) is 4.74 Å². The predicted molar refractivity (Wildman–Crippen MR) is 159 cm³/mol. The highest BCUT2D eigenvalue weighted by molar-refractivity contribution is 5.38. The van der Waals surface area contributed by atoms with Crippen LogP contribution in [0.5, 0.6) is 11.5 Å². The molecule has 2 heteroatoms. The molecule has 0 amide bonds. The summed E-state index contributed by atoms with van der Waals surface area (Å²) in [4.78, 5) is 0. The molecule has 3 atom stereocenters. The van der Waals surface area contributed by atoms with Crippen molar-refractivity contribution >= 4 is 0 Å². The van der Waals surface area contributed by atoms with Crippen LogP contribution in [0, 0.1) is 11.8 Å². The van der Waals surface area contributed by atoms with Crippen molar-refractivity contribution in [1.82, 2.24) is 0 Å². The van der Waals surface area contributed by atoms with E-state index in [1.807, 2.05) is 18.2 Å². The van der Waals surface area contributed by atoms with Crippen molar-refractivity contribution in [3.05, 3.63) is 96.1 Å². The number of ether oxygens (including phenoxy) is 1. The molecule has 3 unspecified atom stereocenters. The van der Waals surface area contributed by atoms with Crippen molar-refractivity contribution in [2.45, 2.75) is 101 Å². The summed E-state index contributed by atoms with van der Waals surface area (Å²) in [7, 11) is 0. The van der Waals surface area contributed by atoms with Crippen LogP contribution in [0.3, 0.4) is 0 Å². The second-order valence-electron chi connectivity index (χ2n) is 10.7. The lowest BCUT2D eigenvalue weighted by Crippen LogP contribution is -2.25. The quantitative estimate of drug-likeness (QED) is 0.355. The van der Waals surface area contributed by atoms with Crippen molar-refractivity contribution in [2.75, 3.05) is 0 Å². The predicted octanol–water partition coefficient (Wildman–Crippen LogP) is 9.80. The summed E-state index contributed by atoms with van der Waals surface area (Å²) in [5.41, 5.74) is 2.58. The molecular weight excluding hydrogens is 464 g/mol. The van der Waals surface area contributed by atoms with Crippen LogP contribution >= 0.6 is 0 Å². The van der Waals surface area contributed by atoms with E-state index in [2.05, 4.69) is 72.5 Å². The first-order chi connectivity index (χ1) is 18.8. The Bertz CT molecular complexity index is 1110. The number of aromatic hydroxyl groups is 1. The lowest BCUT2D eigenvalue weighted by molar-refractivity contribution is 0.151. The zero-order chi connectivity index (χ0) is 26.3. The van der Waals surface area contributed by atoms with E-state index < -0.39 is 0 Å². The van der Waals surface area contributed by atoms with Crippen molar-refractivity contribution < 1.29 is 9.84 Å². The minimum Gasteiger partial charge on any atom is -0.504 e. The molecule has 200 valence electrons. The van der Waals surface area contributed by atoms with Gasteiger partial charge in [-0.25, -0.2) is 0 Å². The van der Waals surface area contributed by atoms with Gasteiger partial charge in [0, 0.05) is 18.3 Å². The molecular formula is C36H44O2. The molecule has 0 saturated carbocycles. The van der Waals surface area contributed by atoms with Crippen LogP contribution < -0.4 is 4.74 Å². The van der Waals surface area contributed by atoms with E-state index >= 15 is 0 Å². The van der Waals surface area contributed by atoms with Gasteiger partial charge in [-0.05, 0) is 42.5 Å². The molecule has 0 saturated heterocycles. The van der Waals surface area contributed by atoms with Crippen LogP contribution in [0.2, 0.25) is 0 Å². The average molecular weight is 509 g/mol. The first-order valence-corrected chi connectivity index (χ1v) is 14.8. The fraction of sp³-hybridized carbons (Fsp3) is 0.444. The molecule has 0 aliphatic heterocycles. The first kappa shape index (κ1) is 27.8. The fourth-order valence-corrected chi connectivity index (χ4v) is 5.63. The molecule has 38 heavy (non-hydrogen) atoms. The van der Waals surface area contributed by atoms with Gasteiger partial charge in [0.25, 0.3) is 0 Å². The van der Waals surface area contributed by atoms with Gasteiger partial charge in [-0.1, -0.05) is 137 Å². The Morgan fingerprint density at radius 3 is 1.74 bits per heavy atom. The van der Waals surface area contributed by atoms with Gasteiger partial charge < -0.3 is 9.84 Å². The third kappa shape index (κ3) is 8.98. The first-order valence-electron chi connectivity index (χ1n) is 14.8. The monoisotopic (exact) mass is 508 g/mol. The Morgan fingerprint density at radius 2 is 1.11 bits per heavy atom. The van der Waals surface area contributed by atoms with Gasteiger partial charge in [-0.3, -0.25) is 0 Å². The Balaban J connectivity index is 1.61. The van der Waals surface area contributed by atoms with Crippen molar-refractivity contribution in [3.63, 3.8) is 0 Å². The SMILES string of the molecule is Oc1ccccc1OC1CCCCCCCCCCCCC(c2ccccc2)C#CCC1c1ccccc1. The summed E-state index contributed by atoms with van der Waals surface area (Å²) < 4.78 is 6.59. The van der Waals surface area contributed by atoms with Gasteiger partial charge in [0.2, 0.25) is 0 Å². The van der Waals surface area contributed by atoms with E-state index in [1.165, 1.54) is 68.9 Å². The van der Waals surface area contributed by atoms with E-state index in [-0.39, 0.29) is 23.7 Å². The van der Waals surface area contributed by atoms with Crippen LogP contribution in [0.4, 0.5) is 0 Å². The minimum absolute atomic E-state index is 0.0472. The van der Waals surface area contributed by atoms with E-state index in [0.717, 1.165) is 25.7 Å². The number of benzene rings is 3. The Hall–Kier alpha value is -3.18. The average Bonchev–Trinajstić information content (AvgIpc) is 2.96. The maximum atomic E-state index is 10.5. The highest BCUT2D eigenvalue weighted by Gasteiger charge is 2.25. The van der Waals surface area contributed by atoms with Crippen LogP contribution in [0.15, 0.2) is 84.9 Å². The van der Waals surface area contributed by atoms with Gasteiger partial charge in [0.15, 0.2) is 11.5 Å². The van der Waals surface area contributed by atoms with Crippen LogP contribution in [-0.2, 0) is 0 Å². The molecule has 0 spiro atoms. The van der Waals surface area contributed by atoms with Gasteiger partial charge in [0.1, 0.15) is 6.10 Å². The van der Waals surface area contributed by atoms with E-state index in [9.17, 15) is 5.11 Å². The van der Waals surface area contributed by atoms with Gasteiger partial charge in [-0.15, -0.1) is 5.92 Å². The number of phenolic OH excluding ortho intramolecular Hbond substituents is 1. The molecule has 4 rings (SSSR count). The van der Waals surface area contributed by atoms with Crippen molar-refractivity contribution in [1.29, 1.82) is 0 Å². The largest absolute Gasteiger partial charge is 0.504 e. The van der Waals surface area contributed by atoms with Crippen LogP contribution in [-0.4, -0.2) is 11.2 Å². The standard InChI is InChI=1S/C36H44O2/c37-34-27-17-18-29-36(34)38-35-28-16-8-6-4-2-1-3-5-7-11-20-31(30-21-12-9-13-22-30)25-19-26-33(35)32-23-14-10-15-24-32/h9-10,12-15,17-18,21-24,27,29,31,33,35,37H,1-8,11,16,20,26,28H2. The minimum atomic E-state index is -0.0472. The summed E-state index contributed by atoms with van der Waals surface area (Å²) in [5, 5.41) is 10.5. The summed E-state index contributed by atoms with van der Waals surface area (Å²) in [5.74, 6) is 8.48. The number of para-hydroxylation sites is 2. The smallest absolute Gasteiger partial charge is 0.161 e. The van der Waals surface area contributed by atoms with E-state index in [0.29, 0.717) is 5.75 Å². The molecule has 1 N–H and O–H groups in total. The molecule has 3 aromatic rings. The molecule has 0 fully saturated rings. The molecule has 2 nitrogen and oxygen atoms in total. The third-order valence-electron chi connectivity index (χ3n) is 7.85. The van der Waals surface area contributed by atoms with Crippen molar-refractivity contribution in [2.24, 2.45) is 0 Å². The summed E-state index contributed by atoms with van der Waals surface area (Å²) in [6.07, 6.45) is 15.7. The van der Waals surface area contributed by atoms with Gasteiger partial charge in [0.05, 0.1) is 0 Å². The number of hydrogen-bond donors (Lipinski definition) is 1. The number of hydrogen-bond acceptors (Lipinski definition) is 2. The van der Waals surface area contributed by atoms with Crippen LogP contribution in [0.25, 0.3) is 0 Å². The molecule has 0 aromatic heterocycles. The van der Waals surface area contributed by atoms with Gasteiger partial charge in [-0.2, -0.15) is 0 Å². The maximum Gasteiger partial charge on any atom is 0.161 e. The van der Waals surface area contributed by atoms with E-state index in [1.54, 1.807) is 6.07 Å². The molecule has 1 aliphatic carbocycles. The summed E-state index contributed by atoms with van der Waals surface area (Å²) >= 11 is 0. The summed E-state index contributed by atoms with van der Waals surface area (Å²) in [6.45, 7) is 0. The molecule has 0 bridgehead atoms.